The summed E-state index contributed by atoms with van der Waals surface area (Å²) in [5.74, 6) is 2.49. The molecule has 1 N–H and O–H groups in total. The van der Waals surface area contributed by atoms with Crippen LogP contribution < -0.4 is 14.8 Å². The molecule has 1 saturated heterocycles. The summed E-state index contributed by atoms with van der Waals surface area (Å²) < 4.78 is 10.6. The van der Waals surface area contributed by atoms with Gasteiger partial charge in [-0.15, -0.1) is 0 Å². The first kappa shape index (κ1) is 12.2. The molecule has 3 heteroatoms. The van der Waals surface area contributed by atoms with Crippen molar-refractivity contribution in [3.8, 4) is 11.5 Å². The van der Waals surface area contributed by atoms with Crippen LogP contribution in [-0.4, -0.2) is 27.3 Å². The largest absolute Gasteiger partial charge is 0.497 e. The van der Waals surface area contributed by atoms with E-state index in [1.54, 1.807) is 14.2 Å². The van der Waals surface area contributed by atoms with Crippen LogP contribution in [-0.2, 0) is 6.42 Å². The molecule has 1 aliphatic heterocycles. The quantitative estimate of drug-likeness (QED) is 0.868. The molecule has 0 saturated carbocycles. The highest BCUT2D eigenvalue weighted by Crippen LogP contribution is 2.25. The van der Waals surface area contributed by atoms with Gasteiger partial charge in [-0.1, -0.05) is 0 Å². The Labute approximate surface area is 103 Å². The molecule has 1 aliphatic rings. The Bertz CT molecular complexity index is 337. The molecule has 2 rings (SSSR count). The molecule has 1 fully saturated rings. The minimum Gasteiger partial charge on any atom is -0.497 e. The second-order valence-corrected chi connectivity index (χ2v) is 4.64. The first-order valence-corrected chi connectivity index (χ1v) is 6.24. The zero-order chi connectivity index (χ0) is 12.1. The van der Waals surface area contributed by atoms with Crippen LogP contribution >= 0.6 is 0 Å². The Morgan fingerprint density at radius 2 is 1.88 bits per heavy atom. The zero-order valence-electron chi connectivity index (χ0n) is 10.7. The third-order valence-electron chi connectivity index (χ3n) is 3.33. The summed E-state index contributed by atoms with van der Waals surface area (Å²) in [4.78, 5) is 0. The molecule has 0 aliphatic carbocycles. The molecule has 1 heterocycles. The fraction of sp³-hybridized carbons (Fsp3) is 0.571. The fourth-order valence-electron chi connectivity index (χ4n) is 2.42. The molecule has 0 bridgehead atoms. The molecule has 0 aromatic heterocycles. The van der Waals surface area contributed by atoms with E-state index in [0.717, 1.165) is 36.9 Å². The fourth-order valence-corrected chi connectivity index (χ4v) is 2.42. The van der Waals surface area contributed by atoms with Crippen molar-refractivity contribution in [1.82, 2.24) is 5.32 Å². The number of methoxy groups -OCH3 is 2. The van der Waals surface area contributed by atoms with Gasteiger partial charge in [-0.25, -0.2) is 0 Å². The van der Waals surface area contributed by atoms with Gasteiger partial charge in [0.25, 0.3) is 0 Å². The van der Waals surface area contributed by atoms with E-state index >= 15 is 0 Å². The van der Waals surface area contributed by atoms with Crippen molar-refractivity contribution in [2.75, 3.05) is 27.3 Å². The Balaban J connectivity index is 2.07. The number of hydrogen-bond acceptors (Lipinski definition) is 3. The van der Waals surface area contributed by atoms with Gasteiger partial charge in [-0.05, 0) is 56.0 Å². The van der Waals surface area contributed by atoms with Crippen LogP contribution in [0.4, 0.5) is 0 Å². The molecular formula is C14H21NO2. The van der Waals surface area contributed by atoms with Gasteiger partial charge in [-0.3, -0.25) is 0 Å². The summed E-state index contributed by atoms with van der Waals surface area (Å²) in [6.07, 6.45) is 3.69. The average molecular weight is 235 g/mol. The van der Waals surface area contributed by atoms with Crippen LogP contribution in [0.15, 0.2) is 18.2 Å². The summed E-state index contributed by atoms with van der Waals surface area (Å²) in [5.41, 5.74) is 1.30. The highest BCUT2D eigenvalue weighted by atomic mass is 16.5. The maximum Gasteiger partial charge on any atom is 0.122 e. The van der Waals surface area contributed by atoms with Crippen molar-refractivity contribution in [3.63, 3.8) is 0 Å². The van der Waals surface area contributed by atoms with E-state index < -0.39 is 0 Å². The number of piperidine rings is 1. The summed E-state index contributed by atoms with van der Waals surface area (Å²) in [6.45, 7) is 2.29. The van der Waals surface area contributed by atoms with Gasteiger partial charge < -0.3 is 14.8 Å². The van der Waals surface area contributed by atoms with Gasteiger partial charge in [0.2, 0.25) is 0 Å². The average Bonchev–Trinajstić information content (AvgIpc) is 2.39. The van der Waals surface area contributed by atoms with E-state index in [1.165, 1.54) is 18.4 Å². The van der Waals surface area contributed by atoms with Crippen LogP contribution in [0.2, 0.25) is 0 Å². The topological polar surface area (TPSA) is 30.5 Å². The Kier molecular flexibility index (Phi) is 4.26. The molecule has 1 aromatic carbocycles. The zero-order valence-corrected chi connectivity index (χ0v) is 10.7. The number of benzene rings is 1. The molecule has 0 spiro atoms. The van der Waals surface area contributed by atoms with Crippen LogP contribution in [0.5, 0.6) is 11.5 Å². The van der Waals surface area contributed by atoms with E-state index in [2.05, 4.69) is 17.4 Å². The Morgan fingerprint density at radius 3 is 2.41 bits per heavy atom. The normalized spacial score (nSPS) is 20.0. The molecule has 1 atom stereocenters. The van der Waals surface area contributed by atoms with Gasteiger partial charge in [-0.2, -0.15) is 0 Å². The van der Waals surface area contributed by atoms with Crippen molar-refractivity contribution in [3.05, 3.63) is 23.8 Å². The van der Waals surface area contributed by atoms with Crippen molar-refractivity contribution in [1.29, 1.82) is 0 Å². The second-order valence-electron chi connectivity index (χ2n) is 4.64. The van der Waals surface area contributed by atoms with E-state index in [1.807, 2.05) is 6.07 Å². The smallest absolute Gasteiger partial charge is 0.122 e. The lowest BCUT2D eigenvalue weighted by Crippen LogP contribution is -2.30. The molecular weight excluding hydrogens is 214 g/mol. The van der Waals surface area contributed by atoms with Gasteiger partial charge >= 0.3 is 0 Å². The number of ether oxygens (including phenoxy) is 2. The van der Waals surface area contributed by atoms with E-state index in [-0.39, 0.29) is 0 Å². The SMILES string of the molecule is COc1cc(CC2CCCNC2)cc(OC)c1. The molecule has 1 unspecified atom stereocenters. The Hall–Kier alpha value is -1.22. The number of rotatable bonds is 4. The molecule has 3 nitrogen and oxygen atoms in total. The summed E-state index contributed by atoms with van der Waals surface area (Å²) >= 11 is 0. The van der Waals surface area contributed by atoms with Gasteiger partial charge in [0, 0.05) is 6.07 Å². The predicted octanol–water partition coefficient (Wildman–Crippen LogP) is 2.25. The van der Waals surface area contributed by atoms with Crippen LogP contribution in [0.25, 0.3) is 0 Å². The lowest BCUT2D eigenvalue weighted by atomic mass is 9.92. The van der Waals surface area contributed by atoms with Crippen molar-refractivity contribution in [2.24, 2.45) is 5.92 Å². The monoisotopic (exact) mass is 235 g/mol. The second kappa shape index (κ2) is 5.92. The molecule has 1 aromatic rings. The van der Waals surface area contributed by atoms with Crippen molar-refractivity contribution in [2.45, 2.75) is 19.3 Å². The summed E-state index contributed by atoms with van der Waals surface area (Å²) in [5, 5.41) is 3.45. The molecule has 0 radical (unpaired) electrons. The highest BCUT2D eigenvalue weighted by Gasteiger charge is 2.14. The molecule has 17 heavy (non-hydrogen) atoms. The maximum absolute atomic E-state index is 5.29. The van der Waals surface area contributed by atoms with Crippen molar-refractivity contribution < 1.29 is 9.47 Å². The Morgan fingerprint density at radius 1 is 1.18 bits per heavy atom. The van der Waals surface area contributed by atoms with Gasteiger partial charge in [0.1, 0.15) is 11.5 Å². The first-order chi connectivity index (χ1) is 8.31. The predicted molar refractivity (Wildman–Crippen MR) is 68.8 cm³/mol. The lowest BCUT2D eigenvalue weighted by Gasteiger charge is -2.23. The van der Waals surface area contributed by atoms with E-state index in [0.29, 0.717) is 0 Å². The minimum absolute atomic E-state index is 0.737. The summed E-state index contributed by atoms with van der Waals surface area (Å²) in [7, 11) is 3.39. The van der Waals surface area contributed by atoms with Gasteiger partial charge in [0.15, 0.2) is 0 Å². The number of hydrogen-bond donors (Lipinski definition) is 1. The van der Waals surface area contributed by atoms with E-state index in [4.69, 9.17) is 9.47 Å². The maximum atomic E-state index is 5.29. The van der Waals surface area contributed by atoms with Gasteiger partial charge in [0.05, 0.1) is 14.2 Å². The third-order valence-corrected chi connectivity index (χ3v) is 3.33. The lowest BCUT2D eigenvalue weighted by molar-refractivity contribution is 0.371. The van der Waals surface area contributed by atoms with E-state index in [9.17, 15) is 0 Å². The standard InChI is InChI=1S/C14H21NO2/c1-16-13-7-12(8-14(9-13)17-2)6-11-4-3-5-15-10-11/h7-9,11,15H,3-6,10H2,1-2H3. The molecule has 0 amide bonds. The van der Waals surface area contributed by atoms with Crippen molar-refractivity contribution >= 4 is 0 Å². The van der Waals surface area contributed by atoms with Crippen LogP contribution in [0, 0.1) is 5.92 Å². The first-order valence-electron chi connectivity index (χ1n) is 6.24. The molecule has 94 valence electrons. The van der Waals surface area contributed by atoms with Crippen LogP contribution in [0.1, 0.15) is 18.4 Å². The minimum atomic E-state index is 0.737. The van der Waals surface area contributed by atoms with Crippen LogP contribution in [0.3, 0.4) is 0 Å². The number of nitrogens with one attached hydrogen (secondary N) is 1. The summed E-state index contributed by atoms with van der Waals surface area (Å²) in [6, 6.07) is 6.14. The third kappa shape index (κ3) is 3.37. The highest BCUT2D eigenvalue weighted by molar-refractivity contribution is 5.38.